The molecule has 2 aliphatic rings. The molecule has 2 saturated heterocycles. The molecule has 0 spiro atoms. The lowest BCUT2D eigenvalue weighted by atomic mass is 10.0. The van der Waals surface area contributed by atoms with Crippen LogP contribution in [0.25, 0.3) is 0 Å². The van der Waals surface area contributed by atoms with Gasteiger partial charge in [-0.1, -0.05) is 0 Å². The van der Waals surface area contributed by atoms with E-state index < -0.39 is 0 Å². The molecule has 2 unspecified atom stereocenters. The highest BCUT2D eigenvalue weighted by atomic mass is 16.6. The van der Waals surface area contributed by atoms with Crippen LogP contribution >= 0.6 is 0 Å². The topological polar surface area (TPSA) is 67.6 Å². The molecule has 0 amide bonds. The van der Waals surface area contributed by atoms with E-state index in [0.29, 0.717) is 23.3 Å². The highest BCUT2D eigenvalue weighted by Gasteiger charge is 2.38. The second-order valence-electron chi connectivity index (χ2n) is 5.20. The Labute approximate surface area is 111 Å². The highest BCUT2D eigenvalue weighted by molar-refractivity contribution is 5.66. The maximum atomic E-state index is 11.2. The van der Waals surface area contributed by atoms with Crippen molar-refractivity contribution in [1.82, 2.24) is 5.32 Å². The average Bonchev–Trinajstić information content (AvgIpc) is 2.98. The molecule has 19 heavy (non-hydrogen) atoms. The van der Waals surface area contributed by atoms with Crippen LogP contribution in [-0.4, -0.2) is 38.2 Å². The number of ether oxygens (including phenoxy) is 1. The van der Waals surface area contributed by atoms with Gasteiger partial charge in [-0.05, 0) is 17.9 Å². The Bertz CT molecular complexity index is 494. The standard InChI is InChI=1S/C13H17N3O3/c1-19-11-2-3-12(16(17)18)13(4-11)15-7-9-5-14-6-10(9)8-15/h2-4,9-10,14H,5-8H2,1H3. The summed E-state index contributed by atoms with van der Waals surface area (Å²) in [6, 6.07) is 4.94. The van der Waals surface area contributed by atoms with Crippen molar-refractivity contribution in [2.75, 3.05) is 38.2 Å². The van der Waals surface area contributed by atoms with Gasteiger partial charge in [0.15, 0.2) is 0 Å². The summed E-state index contributed by atoms with van der Waals surface area (Å²) in [5.41, 5.74) is 0.840. The number of nitrogens with zero attached hydrogens (tertiary/aromatic N) is 2. The number of nitrogens with one attached hydrogen (secondary N) is 1. The van der Waals surface area contributed by atoms with Crippen molar-refractivity contribution < 1.29 is 9.66 Å². The maximum Gasteiger partial charge on any atom is 0.292 e. The molecule has 1 N–H and O–H groups in total. The molecule has 0 saturated carbocycles. The van der Waals surface area contributed by atoms with Crippen LogP contribution in [0.15, 0.2) is 18.2 Å². The van der Waals surface area contributed by atoms with E-state index in [0.717, 1.165) is 26.2 Å². The predicted octanol–water partition coefficient (Wildman–Crippen LogP) is 1.26. The van der Waals surface area contributed by atoms with Crippen molar-refractivity contribution in [2.45, 2.75) is 0 Å². The van der Waals surface area contributed by atoms with E-state index in [1.54, 1.807) is 19.2 Å². The monoisotopic (exact) mass is 263 g/mol. The van der Waals surface area contributed by atoms with Crippen molar-refractivity contribution in [3.63, 3.8) is 0 Å². The summed E-state index contributed by atoms with van der Waals surface area (Å²) < 4.78 is 5.18. The number of anilines is 1. The van der Waals surface area contributed by atoms with E-state index in [1.807, 2.05) is 0 Å². The Morgan fingerprint density at radius 3 is 2.63 bits per heavy atom. The minimum absolute atomic E-state index is 0.161. The molecule has 2 fully saturated rings. The number of hydrogen-bond donors (Lipinski definition) is 1. The number of nitro groups is 1. The number of nitro benzene ring substituents is 1. The van der Waals surface area contributed by atoms with Crippen LogP contribution in [0, 0.1) is 22.0 Å². The van der Waals surface area contributed by atoms with Crippen LogP contribution in [0.4, 0.5) is 11.4 Å². The quantitative estimate of drug-likeness (QED) is 0.657. The van der Waals surface area contributed by atoms with Gasteiger partial charge in [0.2, 0.25) is 0 Å². The van der Waals surface area contributed by atoms with Crippen molar-refractivity contribution in [3.8, 4) is 5.75 Å². The number of methoxy groups -OCH3 is 1. The lowest BCUT2D eigenvalue weighted by Crippen LogP contribution is -2.26. The van der Waals surface area contributed by atoms with Gasteiger partial charge in [-0.3, -0.25) is 10.1 Å². The normalized spacial score (nSPS) is 25.4. The van der Waals surface area contributed by atoms with Crippen molar-refractivity contribution in [2.24, 2.45) is 11.8 Å². The Hall–Kier alpha value is -1.82. The van der Waals surface area contributed by atoms with Crippen molar-refractivity contribution in [1.29, 1.82) is 0 Å². The third-order valence-corrected chi connectivity index (χ3v) is 4.11. The fourth-order valence-corrected chi connectivity index (χ4v) is 3.09. The second kappa shape index (κ2) is 4.70. The number of fused-ring (bicyclic) bond motifs is 1. The van der Waals surface area contributed by atoms with Gasteiger partial charge >= 0.3 is 0 Å². The first-order valence-corrected chi connectivity index (χ1v) is 6.47. The fraction of sp³-hybridized carbons (Fsp3) is 0.538. The smallest absolute Gasteiger partial charge is 0.292 e. The molecule has 3 rings (SSSR count). The summed E-state index contributed by atoms with van der Waals surface area (Å²) in [4.78, 5) is 13.0. The van der Waals surface area contributed by atoms with E-state index >= 15 is 0 Å². The van der Waals surface area contributed by atoms with Gasteiger partial charge in [-0.2, -0.15) is 0 Å². The van der Waals surface area contributed by atoms with Gasteiger partial charge in [0, 0.05) is 38.3 Å². The molecule has 1 aromatic rings. The number of benzene rings is 1. The summed E-state index contributed by atoms with van der Waals surface area (Å²) in [6.07, 6.45) is 0. The minimum Gasteiger partial charge on any atom is -0.497 e. The average molecular weight is 263 g/mol. The molecule has 1 aromatic carbocycles. The van der Waals surface area contributed by atoms with E-state index in [2.05, 4.69) is 10.2 Å². The summed E-state index contributed by atoms with van der Waals surface area (Å²) in [7, 11) is 1.58. The number of hydrogen-bond acceptors (Lipinski definition) is 5. The van der Waals surface area contributed by atoms with Gasteiger partial charge in [-0.25, -0.2) is 0 Å². The summed E-state index contributed by atoms with van der Waals surface area (Å²) >= 11 is 0. The molecule has 6 nitrogen and oxygen atoms in total. The van der Waals surface area contributed by atoms with Crippen LogP contribution in [-0.2, 0) is 0 Å². The Morgan fingerprint density at radius 2 is 2.05 bits per heavy atom. The molecule has 0 aromatic heterocycles. The molecule has 0 bridgehead atoms. The zero-order chi connectivity index (χ0) is 13.4. The minimum atomic E-state index is -0.318. The molecule has 2 heterocycles. The Morgan fingerprint density at radius 1 is 1.37 bits per heavy atom. The number of rotatable bonds is 3. The van der Waals surface area contributed by atoms with Gasteiger partial charge < -0.3 is 15.0 Å². The lowest BCUT2D eigenvalue weighted by Gasteiger charge is -2.20. The first-order valence-electron chi connectivity index (χ1n) is 6.47. The van der Waals surface area contributed by atoms with Crippen LogP contribution in [0.1, 0.15) is 0 Å². The Balaban J connectivity index is 1.92. The van der Waals surface area contributed by atoms with Crippen molar-refractivity contribution >= 4 is 11.4 Å². The second-order valence-corrected chi connectivity index (χ2v) is 5.20. The fourth-order valence-electron chi connectivity index (χ4n) is 3.09. The van der Waals surface area contributed by atoms with Gasteiger partial charge in [0.1, 0.15) is 11.4 Å². The third-order valence-electron chi connectivity index (χ3n) is 4.11. The summed E-state index contributed by atoms with van der Waals surface area (Å²) in [6.45, 7) is 3.79. The van der Waals surface area contributed by atoms with Crippen molar-refractivity contribution in [3.05, 3.63) is 28.3 Å². The zero-order valence-corrected chi connectivity index (χ0v) is 10.8. The van der Waals surface area contributed by atoms with Crippen LogP contribution in [0.5, 0.6) is 5.75 Å². The molecule has 2 aliphatic heterocycles. The van der Waals surface area contributed by atoms with Gasteiger partial charge in [-0.15, -0.1) is 0 Å². The molecule has 102 valence electrons. The van der Waals surface area contributed by atoms with E-state index in [1.165, 1.54) is 6.07 Å². The molecule has 0 radical (unpaired) electrons. The van der Waals surface area contributed by atoms with E-state index in [4.69, 9.17) is 4.74 Å². The van der Waals surface area contributed by atoms with Crippen LogP contribution in [0.2, 0.25) is 0 Å². The molecule has 2 atom stereocenters. The van der Waals surface area contributed by atoms with E-state index in [-0.39, 0.29) is 10.6 Å². The predicted molar refractivity (Wildman–Crippen MR) is 71.7 cm³/mol. The zero-order valence-electron chi connectivity index (χ0n) is 10.8. The summed E-state index contributed by atoms with van der Waals surface area (Å²) in [5, 5.41) is 14.5. The molecular formula is C13H17N3O3. The molecule has 0 aliphatic carbocycles. The van der Waals surface area contributed by atoms with Gasteiger partial charge in [0.25, 0.3) is 5.69 Å². The van der Waals surface area contributed by atoms with Crippen LogP contribution in [0.3, 0.4) is 0 Å². The van der Waals surface area contributed by atoms with Crippen LogP contribution < -0.4 is 15.0 Å². The summed E-state index contributed by atoms with van der Waals surface area (Å²) in [5.74, 6) is 1.87. The maximum absolute atomic E-state index is 11.2. The SMILES string of the molecule is COc1ccc([N+](=O)[O-])c(N2CC3CNCC3C2)c1. The first kappa shape index (κ1) is 12.2. The van der Waals surface area contributed by atoms with E-state index in [9.17, 15) is 10.1 Å². The Kier molecular flexibility index (Phi) is 3.02. The van der Waals surface area contributed by atoms with Gasteiger partial charge in [0.05, 0.1) is 12.0 Å². The first-order chi connectivity index (χ1) is 9.19. The molecular weight excluding hydrogens is 246 g/mol. The third kappa shape index (κ3) is 2.12. The molecule has 6 heteroatoms. The highest BCUT2D eigenvalue weighted by Crippen LogP contribution is 2.37. The lowest BCUT2D eigenvalue weighted by molar-refractivity contribution is -0.384. The largest absolute Gasteiger partial charge is 0.497 e.